The van der Waals surface area contributed by atoms with Crippen molar-refractivity contribution in [1.29, 1.82) is 0 Å². The molecule has 6 nitrogen and oxygen atoms in total. The van der Waals surface area contributed by atoms with E-state index in [1.165, 1.54) is 0 Å². The van der Waals surface area contributed by atoms with Gasteiger partial charge >= 0.3 is 0 Å². The van der Waals surface area contributed by atoms with E-state index in [0.29, 0.717) is 37.5 Å². The number of rotatable bonds is 2. The van der Waals surface area contributed by atoms with E-state index in [0.717, 1.165) is 18.6 Å². The second-order valence-electron chi connectivity index (χ2n) is 7.42. The standard InChI is InChI=1S/C19H28N2O4/c1-12-8-17(15(4)25-12)19(23)20-7-5-6-16(11-20)18(22)21-9-13(2)24-14(3)10-21/h8,13-14,16H,5-7,9-11H2,1-4H3. The van der Waals surface area contributed by atoms with Crippen LogP contribution in [0.4, 0.5) is 0 Å². The quantitative estimate of drug-likeness (QED) is 0.823. The average Bonchev–Trinajstić information content (AvgIpc) is 2.91. The van der Waals surface area contributed by atoms with Crippen LogP contribution in [-0.2, 0) is 9.53 Å². The van der Waals surface area contributed by atoms with Crippen molar-refractivity contribution in [3.05, 3.63) is 23.2 Å². The lowest BCUT2D eigenvalue weighted by molar-refractivity contribution is -0.148. The van der Waals surface area contributed by atoms with Crippen molar-refractivity contribution in [3.8, 4) is 0 Å². The van der Waals surface area contributed by atoms with E-state index in [1.807, 2.05) is 32.6 Å². The average molecular weight is 348 g/mol. The summed E-state index contributed by atoms with van der Waals surface area (Å²) in [4.78, 5) is 29.4. The molecule has 3 unspecified atom stereocenters. The molecular weight excluding hydrogens is 320 g/mol. The molecule has 0 bridgehead atoms. The fourth-order valence-corrected chi connectivity index (χ4v) is 3.99. The van der Waals surface area contributed by atoms with Crippen LogP contribution in [0.2, 0.25) is 0 Å². The molecule has 3 rings (SSSR count). The van der Waals surface area contributed by atoms with Crippen molar-refractivity contribution >= 4 is 11.8 Å². The van der Waals surface area contributed by atoms with Gasteiger partial charge in [-0.3, -0.25) is 9.59 Å². The normalized spacial score (nSPS) is 27.4. The molecule has 2 aliphatic heterocycles. The predicted octanol–water partition coefficient (Wildman–Crippen LogP) is 2.38. The van der Waals surface area contributed by atoms with Gasteiger partial charge in [0.25, 0.3) is 5.91 Å². The van der Waals surface area contributed by atoms with Crippen molar-refractivity contribution in [2.24, 2.45) is 5.92 Å². The van der Waals surface area contributed by atoms with E-state index in [9.17, 15) is 9.59 Å². The summed E-state index contributed by atoms with van der Waals surface area (Å²) >= 11 is 0. The number of likely N-dealkylation sites (tertiary alicyclic amines) is 1. The van der Waals surface area contributed by atoms with Gasteiger partial charge in [-0.15, -0.1) is 0 Å². The summed E-state index contributed by atoms with van der Waals surface area (Å²) in [6, 6.07) is 1.79. The molecule has 6 heteroatoms. The largest absolute Gasteiger partial charge is 0.466 e. The van der Waals surface area contributed by atoms with E-state index in [-0.39, 0.29) is 29.9 Å². The van der Waals surface area contributed by atoms with Crippen LogP contribution in [0.15, 0.2) is 10.5 Å². The fourth-order valence-electron chi connectivity index (χ4n) is 3.99. The van der Waals surface area contributed by atoms with Crippen molar-refractivity contribution in [3.63, 3.8) is 0 Å². The van der Waals surface area contributed by atoms with Gasteiger partial charge in [-0.2, -0.15) is 0 Å². The van der Waals surface area contributed by atoms with E-state index in [1.54, 1.807) is 11.0 Å². The zero-order valence-electron chi connectivity index (χ0n) is 15.6. The second kappa shape index (κ2) is 7.20. The molecule has 1 aromatic heterocycles. The number of aryl methyl sites for hydroxylation is 2. The third-order valence-corrected chi connectivity index (χ3v) is 5.06. The zero-order chi connectivity index (χ0) is 18.1. The SMILES string of the molecule is Cc1cc(C(=O)N2CCCC(C(=O)N3CC(C)OC(C)C3)C2)c(C)o1. The highest BCUT2D eigenvalue weighted by atomic mass is 16.5. The Morgan fingerprint density at radius 3 is 2.36 bits per heavy atom. The first kappa shape index (κ1) is 18.0. The van der Waals surface area contributed by atoms with Crippen LogP contribution in [0.5, 0.6) is 0 Å². The van der Waals surface area contributed by atoms with Crippen LogP contribution in [0.3, 0.4) is 0 Å². The number of carbonyl (C=O) groups is 2. The highest BCUT2D eigenvalue weighted by molar-refractivity contribution is 5.95. The lowest BCUT2D eigenvalue weighted by Gasteiger charge is -2.39. The van der Waals surface area contributed by atoms with Crippen LogP contribution < -0.4 is 0 Å². The van der Waals surface area contributed by atoms with E-state index in [2.05, 4.69) is 0 Å². The minimum atomic E-state index is -0.122. The Morgan fingerprint density at radius 1 is 1.08 bits per heavy atom. The summed E-state index contributed by atoms with van der Waals surface area (Å²) in [6.07, 6.45) is 1.82. The topological polar surface area (TPSA) is 63.0 Å². The van der Waals surface area contributed by atoms with Crippen LogP contribution in [0, 0.1) is 19.8 Å². The zero-order valence-corrected chi connectivity index (χ0v) is 15.6. The molecule has 0 aliphatic carbocycles. The Balaban J connectivity index is 1.67. The van der Waals surface area contributed by atoms with Crippen molar-refractivity contribution in [2.75, 3.05) is 26.2 Å². The van der Waals surface area contributed by atoms with E-state index >= 15 is 0 Å². The van der Waals surface area contributed by atoms with Gasteiger partial charge in [0, 0.05) is 26.2 Å². The van der Waals surface area contributed by atoms with Crippen molar-refractivity contribution < 1.29 is 18.7 Å². The molecule has 25 heavy (non-hydrogen) atoms. The summed E-state index contributed by atoms with van der Waals surface area (Å²) in [5, 5.41) is 0. The Bertz CT molecular complexity index is 644. The molecule has 1 aromatic rings. The van der Waals surface area contributed by atoms with Gasteiger partial charge in [0.05, 0.1) is 23.7 Å². The van der Waals surface area contributed by atoms with Gasteiger partial charge in [0.2, 0.25) is 5.91 Å². The monoisotopic (exact) mass is 348 g/mol. The maximum Gasteiger partial charge on any atom is 0.257 e. The Morgan fingerprint density at radius 2 is 1.76 bits per heavy atom. The summed E-state index contributed by atoms with van der Waals surface area (Å²) < 4.78 is 11.2. The summed E-state index contributed by atoms with van der Waals surface area (Å²) in [7, 11) is 0. The first-order valence-corrected chi connectivity index (χ1v) is 9.15. The lowest BCUT2D eigenvalue weighted by Crippen LogP contribution is -2.53. The van der Waals surface area contributed by atoms with E-state index in [4.69, 9.17) is 9.15 Å². The molecule has 2 aliphatic rings. The Kier molecular flexibility index (Phi) is 5.18. The number of hydrogen-bond donors (Lipinski definition) is 0. The molecular formula is C19H28N2O4. The number of carbonyl (C=O) groups excluding carboxylic acids is 2. The summed E-state index contributed by atoms with van der Waals surface area (Å²) in [6.45, 7) is 10.1. The van der Waals surface area contributed by atoms with Gasteiger partial charge in [0.1, 0.15) is 11.5 Å². The molecule has 2 saturated heterocycles. The molecule has 138 valence electrons. The summed E-state index contributed by atoms with van der Waals surface area (Å²) in [5.41, 5.74) is 0.610. The minimum Gasteiger partial charge on any atom is -0.466 e. The van der Waals surface area contributed by atoms with Gasteiger partial charge in [-0.1, -0.05) is 0 Å². The minimum absolute atomic E-state index is 0.0319. The Hall–Kier alpha value is -1.82. The highest BCUT2D eigenvalue weighted by Gasteiger charge is 2.35. The van der Waals surface area contributed by atoms with Gasteiger partial charge in [-0.25, -0.2) is 0 Å². The molecule has 3 atom stereocenters. The van der Waals surface area contributed by atoms with Gasteiger partial charge in [-0.05, 0) is 46.6 Å². The van der Waals surface area contributed by atoms with Gasteiger partial charge in [0.15, 0.2) is 0 Å². The van der Waals surface area contributed by atoms with Crippen LogP contribution in [0.1, 0.15) is 48.6 Å². The molecule has 2 fully saturated rings. The molecule has 0 radical (unpaired) electrons. The fraction of sp³-hybridized carbons (Fsp3) is 0.684. The molecule has 0 spiro atoms. The lowest BCUT2D eigenvalue weighted by atomic mass is 9.95. The van der Waals surface area contributed by atoms with Gasteiger partial charge < -0.3 is 19.0 Å². The van der Waals surface area contributed by atoms with Crippen LogP contribution >= 0.6 is 0 Å². The predicted molar refractivity (Wildman–Crippen MR) is 93.4 cm³/mol. The number of morpholine rings is 1. The smallest absolute Gasteiger partial charge is 0.257 e. The molecule has 0 saturated carbocycles. The number of hydrogen-bond acceptors (Lipinski definition) is 4. The number of piperidine rings is 1. The number of amides is 2. The van der Waals surface area contributed by atoms with E-state index < -0.39 is 0 Å². The maximum absolute atomic E-state index is 12.9. The third kappa shape index (κ3) is 3.89. The second-order valence-corrected chi connectivity index (χ2v) is 7.42. The Labute approximate surface area is 149 Å². The maximum atomic E-state index is 12.9. The molecule has 0 N–H and O–H groups in total. The molecule has 2 amide bonds. The first-order valence-electron chi connectivity index (χ1n) is 9.15. The molecule has 3 heterocycles. The highest BCUT2D eigenvalue weighted by Crippen LogP contribution is 2.24. The first-order chi connectivity index (χ1) is 11.8. The molecule has 0 aromatic carbocycles. The van der Waals surface area contributed by atoms with Crippen LogP contribution in [0.25, 0.3) is 0 Å². The number of nitrogens with zero attached hydrogens (tertiary/aromatic N) is 2. The van der Waals surface area contributed by atoms with Crippen molar-refractivity contribution in [2.45, 2.75) is 52.7 Å². The van der Waals surface area contributed by atoms with Crippen molar-refractivity contribution in [1.82, 2.24) is 9.80 Å². The van der Waals surface area contributed by atoms with Crippen LogP contribution in [-0.4, -0.2) is 60.0 Å². The number of ether oxygens (including phenoxy) is 1. The summed E-state index contributed by atoms with van der Waals surface area (Å²) in [5.74, 6) is 1.38. The third-order valence-electron chi connectivity index (χ3n) is 5.06. The number of furan rings is 1.